The highest BCUT2D eigenvalue weighted by Gasteiger charge is 2.26. The number of anilines is 1. The van der Waals surface area contributed by atoms with Crippen molar-refractivity contribution < 1.29 is 5.11 Å². The van der Waals surface area contributed by atoms with Crippen molar-refractivity contribution in [3.05, 3.63) is 11.8 Å². The number of hydrogen-bond donors (Lipinski definition) is 2. The van der Waals surface area contributed by atoms with Crippen molar-refractivity contribution in [1.29, 1.82) is 0 Å². The molecule has 0 saturated heterocycles. The first-order valence-electron chi connectivity index (χ1n) is 4.61. The van der Waals surface area contributed by atoms with Gasteiger partial charge in [-0.2, -0.15) is 5.10 Å². The molecule has 1 aliphatic rings. The van der Waals surface area contributed by atoms with Crippen molar-refractivity contribution in [3.8, 4) is 0 Å². The molecule has 0 bridgehead atoms. The average Bonchev–Trinajstić information content (AvgIpc) is 2.47. The Hall–Kier alpha value is -1.03. The highest BCUT2D eigenvalue weighted by Crippen LogP contribution is 2.32. The van der Waals surface area contributed by atoms with Crippen LogP contribution in [0.15, 0.2) is 6.20 Å². The molecule has 2 atom stereocenters. The van der Waals surface area contributed by atoms with Gasteiger partial charge in [-0.15, -0.1) is 0 Å². The van der Waals surface area contributed by atoms with Gasteiger partial charge in [0.05, 0.1) is 12.8 Å². The first kappa shape index (κ1) is 8.56. The molecule has 2 N–H and O–H groups in total. The molecule has 13 heavy (non-hydrogen) atoms. The van der Waals surface area contributed by atoms with Crippen LogP contribution >= 0.6 is 0 Å². The lowest BCUT2D eigenvalue weighted by molar-refractivity contribution is 0.253. The molecule has 0 aromatic carbocycles. The molecule has 1 aromatic heterocycles. The predicted octanol–water partition coefficient (Wildman–Crippen LogP) is 0.700. The Morgan fingerprint density at radius 2 is 2.54 bits per heavy atom. The van der Waals surface area contributed by atoms with E-state index >= 15 is 0 Å². The minimum absolute atomic E-state index is 0.213. The van der Waals surface area contributed by atoms with Gasteiger partial charge in [-0.3, -0.25) is 4.68 Å². The third kappa shape index (κ3) is 1.31. The van der Waals surface area contributed by atoms with E-state index in [1.165, 1.54) is 0 Å². The van der Waals surface area contributed by atoms with E-state index < -0.39 is 0 Å². The summed E-state index contributed by atoms with van der Waals surface area (Å²) in [5.74, 6) is 1.30. The van der Waals surface area contributed by atoms with E-state index in [-0.39, 0.29) is 12.5 Å². The fourth-order valence-electron chi connectivity index (χ4n) is 1.95. The second kappa shape index (κ2) is 3.03. The van der Waals surface area contributed by atoms with Crippen LogP contribution in [0.5, 0.6) is 0 Å². The smallest absolute Gasteiger partial charge is 0.127 e. The van der Waals surface area contributed by atoms with Gasteiger partial charge in [0.1, 0.15) is 5.82 Å². The number of aryl methyl sites for hydroxylation is 1. The summed E-state index contributed by atoms with van der Waals surface area (Å²) in [6, 6.07) is 0.417. The molecule has 0 spiro atoms. The first-order valence-corrected chi connectivity index (χ1v) is 4.61. The Labute approximate surface area is 77.6 Å². The summed E-state index contributed by atoms with van der Waals surface area (Å²) in [5, 5.41) is 16.7. The molecule has 4 heteroatoms. The van der Waals surface area contributed by atoms with Crippen LogP contribution in [0.1, 0.15) is 24.8 Å². The minimum atomic E-state index is 0.213. The van der Waals surface area contributed by atoms with Gasteiger partial charge in [-0.05, 0) is 13.3 Å². The quantitative estimate of drug-likeness (QED) is 0.670. The lowest BCUT2D eigenvalue weighted by atomic mass is 9.91. The van der Waals surface area contributed by atoms with E-state index in [0.29, 0.717) is 6.04 Å². The SMILES string of the molecule is C[C@@H]1C[C@@H](CO)c2cnn(C)c2N1. The van der Waals surface area contributed by atoms with Crippen molar-refractivity contribution in [1.82, 2.24) is 9.78 Å². The Morgan fingerprint density at radius 3 is 3.23 bits per heavy atom. The molecule has 72 valence electrons. The van der Waals surface area contributed by atoms with E-state index in [9.17, 15) is 5.11 Å². The topological polar surface area (TPSA) is 50.1 Å². The molecular weight excluding hydrogens is 166 g/mol. The molecule has 0 fully saturated rings. The third-order valence-corrected chi connectivity index (χ3v) is 2.65. The number of nitrogens with one attached hydrogen (secondary N) is 1. The maximum atomic E-state index is 9.20. The highest BCUT2D eigenvalue weighted by molar-refractivity contribution is 5.49. The summed E-state index contributed by atoms with van der Waals surface area (Å²) in [6.45, 7) is 2.34. The van der Waals surface area contributed by atoms with Gasteiger partial charge in [0.15, 0.2) is 0 Å². The zero-order valence-electron chi connectivity index (χ0n) is 7.99. The fraction of sp³-hybridized carbons (Fsp3) is 0.667. The number of aliphatic hydroxyl groups excluding tert-OH is 1. The first-order chi connectivity index (χ1) is 6.22. The second-order valence-corrected chi connectivity index (χ2v) is 3.73. The van der Waals surface area contributed by atoms with Crippen LogP contribution in [0.4, 0.5) is 5.82 Å². The van der Waals surface area contributed by atoms with Crippen LogP contribution in [0.3, 0.4) is 0 Å². The number of nitrogens with zero attached hydrogens (tertiary/aromatic N) is 2. The van der Waals surface area contributed by atoms with Crippen molar-refractivity contribution in [2.24, 2.45) is 7.05 Å². The second-order valence-electron chi connectivity index (χ2n) is 3.73. The van der Waals surface area contributed by atoms with Crippen LogP contribution in [-0.2, 0) is 7.05 Å². The van der Waals surface area contributed by atoms with Crippen LogP contribution in [0, 0.1) is 0 Å². The molecule has 2 rings (SSSR count). The Balaban J connectivity index is 2.38. The normalized spacial score (nSPS) is 26.7. The van der Waals surface area contributed by atoms with Crippen LogP contribution in [0.25, 0.3) is 0 Å². The monoisotopic (exact) mass is 181 g/mol. The minimum Gasteiger partial charge on any atom is -0.396 e. The molecule has 4 nitrogen and oxygen atoms in total. The van der Waals surface area contributed by atoms with Gasteiger partial charge < -0.3 is 10.4 Å². The fourth-order valence-corrected chi connectivity index (χ4v) is 1.95. The zero-order chi connectivity index (χ0) is 9.42. The number of rotatable bonds is 1. The molecule has 0 radical (unpaired) electrons. The number of fused-ring (bicyclic) bond motifs is 1. The van der Waals surface area contributed by atoms with Crippen molar-refractivity contribution in [3.63, 3.8) is 0 Å². The average molecular weight is 181 g/mol. The predicted molar refractivity (Wildman–Crippen MR) is 50.7 cm³/mol. The number of hydrogen-bond acceptors (Lipinski definition) is 3. The summed E-state index contributed by atoms with van der Waals surface area (Å²) in [7, 11) is 1.91. The summed E-state index contributed by atoms with van der Waals surface area (Å²) < 4.78 is 1.83. The van der Waals surface area contributed by atoms with Crippen molar-refractivity contribution in [2.75, 3.05) is 11.9 Å². The Morgan fingerprint density at radius 1 is 1.77 bits per heavy atom. The van der Waals surface area contributed by atoms with E-state index in [1.807, 2.05) is 17.9 Å². The highest BCUT2D eigenvalue weighted by atomic mass is 16.3. The third-order valence-electron chi connectivity index (χ3n) is 2.65. The van der Waals surface area contributed by atoms with Crippen molar-refractivity contribution >= 4 is 5.82 Å². The number of aliphatic hydroxyl groups is 1. The van der Waals surface area contributed by atoms with E-state index in [4.69, 9.17) is 0 Å². The van der Waals surface area contributed by atoms with Gasteiger partial charge in [-0.25, -0.2) is 0 Å². The summed E-state index contributed by atoms with van der Waals surface area (Å²) in [5.41, 5.74) is 1.14. The zero-order valence-corrected chi connectivity index (χ0v) is 7.99. The molecule has 2 heterocycles. The van der Waals surface area contributed by atoms with Gasteiger partial charge in [0.25, 0.3) is 0 Å². The van der Waals surface area contributed by atoms with Crippen LogP contribution in [0.2, 0.25) is 0 Å². The standard InChI is InChI=1S/C9H15N3O/c1-6-3-7(5-13)8-4-10-12(2)9(8)11-6/h4,6-7,11,13H,3,5H2,1-2H3/t6-,7+/m1/s1. The summed E-state index contributed by atoms with van der Waals surface area (Å²) in [4.78, 5) is 0. The van der Waals surface area contributed by atoms with Crippen LogP contribution in [-0.4, -0.2) is 27.5 Å². The Bertz CT molecular complexity index is 308. The van der Waals surface area contributed by atoms with Gasteiger partial charge >= 0.3 is 0 Å². The molecule has 0 amide bonds. The molecular formula is C9H15N3O. The molecule has 0 unspecified atom stereocenters. The van der Waals surface area contributed by atoms with Crippen molar-refractivity contribution in [2.45, 2.75) is 25.3 Å². The molecule has 0 saturated carbocycles. The molecule has 1 aromatic rings. The Kier molecular flexibility index (Phi) is 2.00. The number of aromatic nitrogens is 2. The summed E-state index contributed by atoms with van der Waals surface area (Å²) in [6.07, 6.45) is 2.82. The van der Waals surface area contributed by atoms with Crippen LogP contribution < -0.4 is 5.32 Å². The van der Waals surface area contributed by atoms with E-state index in [2.05, 4.69) is 17.3 Å². The van der Waals surface area contributed by atoms with E-state index in [0.717, 1.165) is 17.8 Å². The van der Waals surface area contributed by atoms with E-state index in [1.54, 1.807) is 0 Å². The maximum Gasteiger partial charge on any atom is 0.127 e. The van der Waals surface area contributed by atoms with Gasteiger partial charge in [0, 0.05) is 24.6 Å². The molecule has 1 aliphatic heterocycles. The van der Waals surface area contributed by atoms with Gasteiger partial charge in [0.2, 0.25) is 0 Å². The largest absolute Gasteiger partial charge is 0.396 e. The lowest BCUT2D eigenvalue weighted by Gasteiger charge is -2.27. The lowest BCUT2D eigenvalue weighted by Crippen LogP contribution is -2.27. The maximum absolute atomic E-state index is 9.20. The molecule has 0 aliphatic carbocycles. The van der Waals surface area contributed by atoms with Gasteiger partial charge in [-0.1, -0.05) is 0 Å². The summed E-state index contributed by atoms with van der Waals surface area (Å²) >= 11 is 0.